The van der Waals surface area contributed by atoms with Crippen LogP contribution in [0, 0.1) is 10.1 Å². The third kappa shape index (κ3) is 6.69. The summed E-state index contributed by atoms with van der Waals surface area (Å²) in [6.07, 6.45) is -2.40. The molecule has 2 aromatic carbocycles. The Kier molecular flexibility index (Phi) is 6.72. The minimum absolute atomic E-state index is 0.178. The third-order valence-electron chi connectivity index (χ3n) is 3.44. The molecule has 154 valence electrons. The number of nitrogens with one attached hydrogen (secondary N) is 2. The summed E-state index contributed by atoms with van der Waals surface area (Å²) in [5.74, 6) is -0.644. The molecule has 1 amide bonds. The number of nitro groups is 1. The van der Waals surface area contributed by atoms with Crippen LogP contribution in [0.2, 0.25) is 0 Å². The lowest BCUT2D eigenvalue weighted by molar-refractivity contribution is -0.385. The van der Waals surface area contributed by atoms with Gasteiger partial charge in [-0.25, -0.2) is 13.1 Å². The Morgan fingerprint density at radius 3 is 2.31 bits per heavy atom. The van der Waals surface area contributed by atoms with Gasteiger partial charge in [-0.15, -0.1) is 0 Å². The second-order valence-electron chi connectivity index (χ2n) is 5.60. The molecule has 2 N–H and O–H groups in total. The molecule has 0 saturated heterocycles. The molecule has 12 heteroatoms. The number of alkyl halides is 3. The average Bonchev–Trinajstić information content (AvgIpc) is 2.65. The lowest BCUT2D eigenvalue weighted by Gasteiger charge is -2.10. The second-order valence-corrected chi connectivity index (χ2v) is 7.37. The zero-order chi connectivity index (χ0) is 21.7. The lowest BCUT2D eigenvalue weighted by Crippen LogP contribution is -2.33. The van der Waals surface area contributed by atoms with Gasteiger partial charge in [-0.3, -0.25) is 14.9 Å². The van der Waals surface area contributed by atoms with E-state index in [9.17, 15) is 36.5 Å². The molecule has 0 bridgehead atoms. The van der Waals surface area contributed by atoms with E-state index in [2.05, 4.69) is 5.32 Å². The Bertz CT molecular complexity index is 1040. The highest BCUT2D eigenvalue weighted by Gasteiger charge is 2.30. The second kappa shape index (κ2) is 8.84. The molecule has 0 aromatic heterocycles. The van der Waals surface area contributed by atoms with Gasteiger partial charge in [0.15, 0.2) is 0 Å². The summed E-state index contributed by atoms with van der Waals surface area (Å²) in [5.41, 5.74) is 0.208. The Morgan fingerprint density at radius 2 is 1.72 bits per heavy atom. The van der Waals surface area contributed by atoms with E-state index in [1.54, 1.807) is 6.07 Å². The Balaban J connectivity index is 2.04. The smallest absolute Gasteiger partial charge is 0.323 e. The molecular weight excluding hydrogens is 415 g/mol. The minimum atomic E-state index is -4.69. The van der Waals surface area contributed by atoms with Gasteiger partial charge in [0.25, 0.3) is 5.69 Å². The van der Waals surface area contributed by atoms with Gasteiger partial charge < -0.3 is 5.32 Å². The highest BCUT2D eigenvalue weighted by Crippen LogP contribution is 2.20. The van der Waals surface area contributed by atoms with Gasteiger partial charge >= 0.3 is 6.18 Å². The zero-order valence-electron chi connectivity index (χ0n) is 14.5. The van der Waals surface area contributed by atoms with Crippen LogP contribution in [-0.4, -0.2) is 32.0 Å². The molecular formula is C17H14F3N3O5S. The quantitative estimate of drug-likeness (QED) is 0.398. The van der Waals surface area contributed by atoms with Crippen LogP contribution in [0.1, 0.15) is 5.56 Å². The SMILES string of the molecule is O=C(/C=C/c1ccccc1[N+](=O)[O-])Nc1ccc(S(=O)(=O)NCC(F)(F)F)cc1. The maximum absolute atomic E-state index is 12.2. The molecule has 0 unspecified atom stereocenters. The number of carbonyl (C=O) groups excluding carboxylic acids is 1. The van der Waals surface area contributed by atoms with Crippen LogP contribution in [0.5, 0.6) is 0 Å². The Hall–Kier alpha value is -3.25. The molecule has 29 heavy (non-hydrogen) atoms. The van der Waals surface area contributed by atoms with Crippen molar-refractivity contribution in [1.82, 2.24) is 4.72 Å². The van der Waals surface area contributed by atoms with E-state index in [1.165, 1.54) is 41.1 Å². The van der Waals surface area contributed by atoms with Crippen LogP contribution in [0.25, 0.3) is 6.08 Å². The number of hydrogen-bond acceptors (Lipinski definition) is 5. The number of nitro benzene ring substituents is 1. The first kappa shape index (κ1) is 22.0. The van der Waals surface area contributed by atoms with Crippen LogP contribution in [-0.2, 0) is 14.8 Å². The van der Waals surface area contributed by atoms with Crippen molar-refractivity contribution < 1.29 is 31.3 Å². The van der Waals surface area contributed by atoms with Gasteiger partial charge in [-0.05, 0) is 36.4 Å². The highest BCUT2D eigenvalue weighted by molar-refractivity contribution is 7.89. The first-order valence-corrected chi connectivity index (χ1v) is 9.35. The van der Waals surface area contributed by atoms with Crippen molar-refractivity contribution in [2.75, 3.05) is 11.9 Å². The summed E-state index contributed by atoms with van der Waals surface area (Å²) in [7, 11) is -4.36. The monoisotopic (exact) mass is 429 g/mol. The van der Waals surface area contributed by atoms with Crippen molar-refractivity contribution in [3.63, 3.8) is 0 Å². The number of benzene rings is 2. The number of para-hydroxylation sites is 1. The van der Waals surface area contributed by atoms with E-state index in [4.69, 9.17) is 0 Å². The maximum Gasteiger partial charge on any atom is 0.402 e. The molecule has 0 atom stereocenters. The first-order chi connectivity index (χ1) is 13.5. The molecule has 8 nitrogen and oxygen atoms in total. The van der Waals surface area contributed by atoms with Crippen molar-refractivity contribution in [2.45, 2.75) is 11.1 Å². The Labute approximate surface area is 163 Å². The lowest BCUT2D eigenvalue weighted by atomic mass is 10.1. The van der Waals surface area contributed by atoms with Gasteiger partial charge in [0.2, 0.25) is 15.9 Å². The predicted molar refractivity (Wildman–Crippen MR) is 98.4 cm³/mol. The van der Waals surface area contributed by atoms with E-state index in [0.29, 0.717) is 0 Å². The fraction of sp³-hybridized carbons (Fsp3) is 0.118. The summed E-state index contributed by atoms with van der Waals surface area (Å²) in [4.78, 5) is 21.9. The van der Waals surface area contributed by atoms with E-state index in [0.717, 1.165) is 18.2 Å². The van der Waals surface area contributed by atoms with Crippen molar-refractivity contribution in [2.24, 2.45) is 0 Å². The van der Waals surface area contributed by atoms with Crippen LogP contribution in [0.15, 0.2) is 59.5 Å². The maximum atomic E-state index is 12.2. The largest absolute Gasteiger partial charge is 0.402 e. The van der Waals surface area contributed by atoms with Gasteiger partial charge in [0.1, 0.15) is 6.54 Å². The normalized spacial score (nSPS) is 12.1. The standard InChI is InChI=1S/C17H14F3N3O5S/c18-17(19,20)11-21-29(27,28)14-8-6-13(7-9-14)22-16(24)10-5-12-3-1-2-4-15(12)23(25)26/h1-10,21H,11H2,(H,22,24)/b10-5+. The van der Waals surface area contributed by atoms with Crippen molar-refractivity contribution in [1.29, 1.82) is 0 Å². The van der Waals surface area contributed by atoms with Gasteiger partial charge in [-0.1, -0.05) is 12.1 Å². The van der Waals surface area contributed by atoms with Crippen LogP contribution in [0.4, 0.5) is 24.5 Å². The zero-order valence-corrected chi connectivity index (χ0v) is 15.3. The molecule has 0 aliphatic heterocycles. The van der Waals surface area contributed by atoms with E-state index < -0.39 is 38.5 Å². The van der Waals surface area contributed by atoms with Gasteiger partial charge in [0.05, 0.1) is 15.4 Å². The topological polar surface area (TPSA) is 118 Å². The van der Waals surface area contributed by atoms with Gasteiger partial charge in [0, 0.05) is 17.8 Å². The molecule has 0 aliphatic rings. The number of halogens is 3. The van der Waals surface area contributed by atoms with E-state index in [-0.39, 0.29) is 16.9 Å². The van der Waals surface area contributed by atoms with E-state index >= 15 is 0 Å². The van der Waals surface area contributed by atoms with Crippen molar-refractivity contribution in [3.05, 3.63) is 70.3 Å². The molecule has 0 heterocycles. The molecule has 0 spiro atoms. The summed E-state index contributed by atoms with van der Waals surface area (Å²) in [6, 6.07) is 10.2. The molecule has 0 radical (unpaired) electrons. The fourth-order valence-electron chi connectivity index (χ4n) is 2.12. The van der Waals surface area contributed by atoms with Crippen molar-refractivity contribution >= 4 is 33.4 Å². The van der Waals surface area contributed by atoms with Gasteiger partial charge in [-0.2, -0.15) is 13.2 Å². The van der Waals surface area contributed by atoms with Crippen LogP contribution < -0.4 is 10.0 Å². The Morgan fingerprint density at radius 1 is 1.10 bits per heavy atom. The molecule has 2 rings (SSSR count). The number of rotatable bonds is 7. The number of hydrogen-bond donors (Lipinski definition) is 2. The van der Waals surface area contributed by atoms with Crippen molar-refractivity contribution in [3.8, 4) is 0 Å². The fourth-order valence-corrected chi connectivity index (χ4v) is 3.14. The molecule has 0 aliphatic carbocycles. The minimum Gasteiger partial charge on any atom is -0.323 e. The predicted octanol–water partition coefficient (Wildman–Crippen LogP) is 3.09. The first-order valence-electron chi connectivity index (χ1n) is 7.87. The van der Waals surface area contributed by atoms with E-state index in [1.807, 2.05) is 0 Å². The summed E-state index contributed by atoms with van der Waals surface area (Å²) in [6.45, 7) is -1.70. The molecule has 2 aromatic rings. The molecule has 0 saturated carbocycles. The number of sulfonamides is 1. The van der Waals surface area contributed by atoms with Crippen LogP contribution >= 0.6 is 0 Å². The summed E-state index contributed by atoms with van der Waals surface area (Å²) < 4.78 is 61.5. The number of amides is 1. The number of nitrogens with zero attached hydrogens (tertiary/aromatic N) is 1. The summed E-state index contributed by atoms with van der Waals surface area (Å²) >= 11 is 0. The number of anilines is 1. The number of carbonyl (C=O) groups is 1. The van der Waals surface area contributed by atoms with Crippen LogP contribution in [0.3, 0.4) is 0 Å². The molecule has 0 fully saturated rings. The third-order valence-corrected chi connectivity index (χ3v) is 4.86. The average molecular weight is 429 g/mol. The highest BCUT2D eigenvalue weighted by atomic mass is 32.2. The summed E-state index contributed by atoms with van der Waals surface area (Å²) in [5, 5.41) is 13.3.